The van der Waals surface area contributed by atoms with Gasteiger partial charge >= 0.3 is 5.97 Å². The van der Waals surface area contributed by atoms with Gasteiger partial charge in [0.2, 0.25) is 0 Å². The maximum Gasteiger partial charge on any atom is 0.310 e. The zero-order valence-corrected chi connectivity index (χ0v) is 11.1. The summed E-state index contributed by atoms with van der Waals surface area (Å²) in [7, 11) is 0. The molecule has 0 aliphatic carbocycles. The molecule has 1 aromatic rings. The summed E-state index contributed by atoms with van der Waals surface area (Å²) in [4.78, 5) is 11.3. The number of alkyl halides is 2. The Kier molecular flexibility index (Phi) is 5.23. The number of rotatable bonds is 4. The fourth-order valence-corrected chi connectivity index (χ4v) is 2.15. The third-order valence-electron chi connectivity index (χ3n) is 2.18. The molecule has 0 saturated heterocycles. The number of benzene rings is 1. The smallest absolute Gasteiger partial charge is 0.310 e. The molecule has 0 spiro atoms. The van der Waals surface area contributed by atoms with Crippen LogP contribution in [0.4, 0.5) is 8.78 Å². The van der Waals surface area contributed by atoms with E-state index in [2.05, 4.69) is 15.9 Å². The Hall–Kier alpha value is -1.48. The van der Waals surface area contributed by atoms with Gasteiger partial charge in [-0.25, -0.2) is 8.78 Å². The topological polar surface area (TPSA) is 50.1 Å². The zero-order valence-electron chi connectivity index (χ0n) is 9.54. The highest BCUT2D eigenvalue weighted by Gasteiger charge is 2.18. The summed E-state index contributed by atoms with van der Waals surface area (Å²) in [5.41, 5.74) is -0.0370. The molecule has 0 saturated carbocycles. The minimum Gasteiger partial charge on any atom is -0.466 e. The number of nitriles is 1. The van der Waals surface area contributed by atoms with Crippen molar-refractivity contribution in [2.45, 2.75) is 19.8 Å². The summed E-state index contributed by atoms with van der Waals surface area (Å²) in [6, 6.07) is 4.38. The molecule has 1 rings (SSSR count). The van der Waals surface area contributed by atoms with Crippen LogP contribution >= 0.6 is 15.9 Å². The molecule has 0 radical (unpaired) electrons. The molecular weight excluding hydrogens is 308 g/mol. The van der Waals surface area contributed by atoms with Crippen molar-refractivity contribution in [2.24, 2.45) is 0 Å². The van der Waals surface area contributed by atoms with Gasteiger partial charge < -0.3 is 4.74 Å². The SMILES string of the molecule is CCOC(=O)Cc1cc(Br)c(C(F)F)c(C#N)c1. The number of ether oxygens (including phenoxy) is 1. The first-order valence-corrected chi connectivity index (χ1v) is 5.95. The molecule has 0 unspecified atom stereocenters. The minimum absolute atomic E-state index is 0.0510. The lowest BCUT2D eigenvalue weighted by molar-refractivity contribution is -0.142. The summed E-state index contributed by atoms with van der Waals surface area (Å²) < 4.78 is 30.3. The van der Waals surface area contributed by atoms with Gasteiger partial charge in [-0.2, -0.15) is 5.26 Å². The summed E-state index contributed by atoms with van der Waals surface area (Å²) in [6.45, 7) is 1.93. The van der Waals surface area contributed by atoms with Crippen LogP contribution in [-0.4, -0.2) is 12.6 Å². The van der Waals surface area contributed by atoms with Crippen LogP contribution in [0.1, 0.15) is 30.0 Å². The normalized spacial score (nSPS) is 10.2. The van der Waals surface area contributed by atoms with Crippen LogP contribution in [-0.2, 0) is 16.0 Å². The van der Waals surface area contributed by atoms with Crippen molar-refractivity contribution < 1.29 is 18.3 Å². The first kappa shape index (κ1) is 14.6. The van der Waals surface area contributed by atoms with Crippen LogP contribution in [0.5, 0.6) is 0 Å². The molecule has 0 atom stereocenters. The number of carbonyl (C=O) groups excluding carboxylic acids is 1. The van der Waals surface area contributed by atoms with Gasteiger partial charge in [-0.3, -0.25) is 4.79 Å². The molecule has 0 amide bonds. The molecule has 0 aromatic heterocycles. The van der Waals surface area contributed by atoms with Crippen LogP contribution in [0.15, 0.2) is 16.6 Å². The maximum atomic E-state index is 12.7. The van der Waals surface area contributed by atoms with Gasteiger partial charge in [0.05, 0.1) is 24.7 Å². The van der Waals surface area contributed by atoms with E-state index in [1.807, 2.05) is 0 Å². The highest BCUT2D eigenvalue weighted by atomic mass is 79.9. The van der Waals surface area contributed by atoms with Gasteiger partial charge in [-0.1, -0.05) is 15.9 Å². The Labute approximate surface area is 111 Å². The molecule has 0 heterocycles. The summed E-state index contributed by atoms with van der Waals surface area (Å²) in [5.74, 6) is -0.460. The van der Waals surface area contributed by atoms with Crippen molar-refractivity contribution >= 4 is 21.9 Å². The molecule has 0 bridgehead atoms. The summed E-state index contributed by atoms with van der Waals surface area (Å²) in [5, 5.41) is 8.83. The summed E-state index contributed by atoms with van der Waals surface area (Å²) in [6.07, 6.45) is -2.80. The minimum atomic E-state index is -2.74. The Morgan fingerprint density at radius 3 is 2.72 bits per heavy atom. The van der Waals surface area contributed by atoms with Gasteiger partial charge in [0.25, 0.3) is 6.43 Å². The summed E-state index contributed by atoms with van der Waals surface area (Å²) >= 11 is 2.99. The van der Waals surface area contributed by atoms with Crippen LogP contribution in [0.25, 0.3) is 0 Å². The van der Waals surface area contributed by atoms with Gasteiger partial charge in [-0.05, 0) is 24.6 Å². The Morgan fingerprint density at radius 1 is 1.56 bits per heavy atom. The quantitative estimate of drug-likeness (QED) is 0.800. The fourth-order valence-electron chi connectivity index (χ4n) is 1.47. The lowest BCUT2D eigenvalue weighted by Gasteiger charge is -2.09. The predicted molar refractivity (Wildman–Crippen MR) is 64.2 cm³/mol. The Balaban J connectivity index is 3.08. The van der Waals surface area contributed by atoms with Gasteiger partial charge in [0, 0.05) is 10.0 Å². The number of hydrogen-bond donors (Lipinski definition) is 0. The molecule has 18 heavy (non-hydrogen) atoms. The van der Waals surface area contributed by atoms with E-state index >= 15 is 0 Å². The molecule has 0 aliphatic heterocycles. The molecule has 0 N–H and O–H groups in total. The molecule has 1 aromatic carbocycles. The molecule has 3 nitrogen and oxygen atoms in total. The third kappa shape index (κ3) is 3.50. The standard InChI is InChI=1S/C12H10BrF2NO2/c1-2-18-10(17)5-7-3-8(6-16)11(12(14)15)9(13)4-7/h3-4,12H,2,5H2,1H3. The number of carbonyl (C=O) groups is 1. The largest absolute Gasteiger partial charge is 0.466 e. The zero-order chi connectivity index (χ0) is 13.7. The number of nitrogens with zero attached hydrogens (tertiary/aromatic N) is 1. The van der Waals surface area contributed by atoms with Crippen molar-refractivity contribution in [2.75, 3.05) is 6.61 Å². The Bertz CT molecular complexity index is 498. The second kappa shape index (κ2) is 6.45. The van der Waals surface area contributed by atoms with Crippen molar-refractivity contribution in [3.63, 3.8) is 0 Å². The number of halogens is 3. The van der Waals surface area contributed by atoms with Gasteiger partial charge in [-0.15, -0.1) is 0 Å². The average Bonchev–Trinajstić information content (AvgIpc) is 2.27. The van der Waals surface area contributed by atoms with E-state index in [0.717, 1.165) is 0 Å². The maximum absolute atomic E-state index is 12.7. The average molecular weight is 318 g/mol. The van der Waals surface area contributed by atoms with E-state index in [1.165, 1.54) is 12.1 Å². The van der Waals surface area contributed by atoms with E-state index in [4.69, 9.17) is 10.00 Å². The van der Waals surface area contributed by atoms with Crippen LogP contribution < -0.4 is 0 Å². The van der Waals surface area contributed by atoms with Crippen molar-refractivity contribution in [1.29, 1.82) is 5.26 Å². The van der Waals surface area contributed by atoms with Crippen molar-refractivity contribution in [3.05, 3.63) is 33.3 Å². The second-order valence-electron chi connectivity index (χ2n) is 3.43. The van der Waals surface area contributed by atoms with E-state index in [-0.39, 0.29) is 28.6 Å². The van der Waals surface area contributed by atoms with Crippen molar-refractivity contribution in [3.8, 4) is 6.07 Å². The first-order valence-electron chi connectivity index (χ1n) is 5.15. The second-order valence-corrected chi connectivity index (χ2v) is 4.29. The number of hydrogen-bond acceptors (Lipinski definition) is 3. The van der Waals surface area contributed by atoms with E-state index in [0.29, 0.717) is 5.56 Å². The number of esters is 1. The lowest BCUT2D eigenvalue weighted by Crippen LogP contribution is -2.08. The van der Waals surface area contributed by atoms with Crippen molar-refractivity contribution in [1.82, 2.24) is 0 Å². The van der Waals surface area contributed by atoms with Crippen LogP contribution in [0, 0.1) is 11.3 Å². The fraction of sp³-hybridized carbons (Fsp3) is 0.333. The van der Waals surface area contributed by atoms with Crippen LogP contribution in [0.3, 0.4) is 0 Å². The molecule has 0 aliphatic rings. The van der Waals surface area contributed by atoms with E-state index < -0.39 is 12.4 Å². The highest BCUT2D eigenvalue weighted by Crippen LogP contribution is 2.31. The molecule has 0 fully saturated rings. The molecule has 96 valence electrons. The molecule has 6 heteroatoms. The van der Waals surface area contributed by atoms with Crippen LogP contribution in [0.2, 0.25) is 0 Å². The van der Waals surface area contributed by atoms with Gasteiger partial charge in [0.1, 0.15) is 0 Å². The predicted octanol–water partition coefficient (Wildman–Crippen LogP) is 3.36. The van der Waals surface area contributed by atoms with E-state index in [1.54, 1.807) is 13.0 Å². The highest BCUT2D eigenvalue weighted by molar-refractivity contribution is 9.10. The monoisotopic (exact) mass is 317 g/mol. The molecular formula is C12H10BrF2NO2. The van der Waals surface area contributed by atoms with Gasteiger partial charge in [0.15, 0.2) is 0 Å². The first-order chi connectivity index (χ1) is 8.49. The Morgan fingerprint density at radius 2 is 2.22 bits per heavy atom. The lowest BCUT2D eigenvalue weighted by atomic mass is 10.0. The third-order valence-corrected chi connectivity index (χ3v) is 2.84. The van der Waals surface area contributed by atoms with E-state index in [9.17, 15) is 13.6 Å².